The average Bonchev–Trinajstić information content (AvgIpc) is 3.43. The monoisotopic (exact) mass is 1060 g/mol. The number of allylic oxidation sites excluding steroid dienone is 24. The molecule has 434 valence electrons. The molecule has 1 atom stereocenters. The zero-order chi connectivity index (χ0) is 55.7. The van der Waals surface area contributed by atoms with Crippen LogP contribution in [0.3, 0.4) is 0 Å². The Hall–Kier alpha value is -4.71. The van der Waals surface area contributed by atoms with E-state index in [0.717, 1.165) is 96.3 Å². The van der Waals surface area contributed by atoms with Crippen LogP contribution in [0.1, 0.15) is 265 Å². The molecule has 77 heavy (non-hydrogen) atoms. The van der Waals surface area contributed by atoms with Gasteiger partial charge in [0.25, 0.3) is 0 Å². The van der Waals surface area contributed by atoms with Crippen LogP contribution in [-0.4, -0.2) is 37.2 Å². The van der Waals surface area contributed by atoms with E-state index in [9.17, 15) is 14.4 Å². The highest BCUT2D eigenvalue weighted by Gasteiger charge is 2.19. The van der Waals surface area contributed by atoms with E-state index in [0.29, 0.717) is 19.3 Å². The molecule has 0 aliphatic heterocycles. The number of rotatable bonds is 55. The van der Waals surface area contributed by atoms with Crippen LogP contribution in [-0.2, 0) is 28.6 Å². The van der Waals surface area contributed by atoms with Crippen molar-refractivity contribution >= 4 is 17.9 Å². The van der Waals surface area contributed by atoms with Gasteiger partial charge in [-0.25, -0.2) is 0 Å². The molecule has 0 N–H and O–H groups in total. The zero-order valence-corrected chi connectivity index (χ0v) is 49.7. The number of hydrogen-bond donors (Lipinski definition) is 0. The van der Waals surface area contributed by atoms with Gasteiger partial charge in [-0.05, 0) is 109 Å². The highest BCUT2D eigenvalue weighted by atomic mass is 16.6. The first kappa shape index (κ1) is 72.3. The van der Waals surface area contributed by atoms with Gasteiger partial charge in [-0.15, -0.1) is 0 Å². The minimum atomic E-state index is -0.848. The van der Waals surface area contributed by atoms with Gasteiger partial charge in [-0.1, -0.05) is 282 Å². The Balaban J connectivity index is 4.19. The fraction of sp³-hybridized carbons (Fsp3) is 0.620. The molecule has 0 aliphatic carbocycles. The lowest BCUT2D eigenvalue weighted by Crippen LogP contribution is -2.30. The third kappa shape index (κ3) is 62.0. The van der Waals surface area contributed by atoms with Crippen molar-refractivity contribution in [2.24, 2.45) is 0 Å². The number of unbranched alkanes of at least 4 members (excludes halogenated alkanes) is 20. The van der Waals surface area contributed by atoms with Crippen LogP contribution in [0.25, 0.3) is 0 Å². The summed E-state index contributed by atoms with van der Waals surface area (Å²) in [6.07, 6.45) is 92.0. The van der Waals surface area contributed by atoms with Gasteiger partial charge >= 0.3 is 17.9 Å². The van der Waals surface area contributed by atoms with E-state index in [2.05, 4.69) is 142 Å². The van der Waals surface area contributed by atoms with Gasteiger partial charge in [0.15, 0.2) is 6.10 Å². The topological polar surface area (TPSA) is 78.9 Å². The molecule has 0 aromatic carbocycles. The van der Waals surface area contributed by atoms with Crippen LogP contribution in [0.15, 0.2) is 146 Å². The van der Waals surface area contributed by atoms with Crippen LogP contribution in [0.4, 0.5) is 0 Å². The van der Waals surface area contributed by atoms with Crippen molar-refractivity contribution < 1.29 is 28.6 Å². The van der Waals surface area contributed by atoms with Crippen LogP contribution in [0.2, 0.25) is 0 Å². The summed E-state index contributed by atoms with van der Waals surface area (Å²) in [5.74, 6) is -1.10. The van der Waals surface area contributed by atoms with Crippen LogP contribution in [0.5, 0.6) is 0 Å². The van der Waals surface area contributed by atoms with Gasteiger partial charge in [-0.3, -0.25) is 14.4 Å². The van der Waals surface area contributed by atoms with E-state index >= 15 is 0 Å². The van der Waals surface area contributed by atoms with Gasteiger partial charge in [0.05, 0.1) is 0 Å². The number of ether oxygens (including phenoxy) is 3. The van der Waals surface area contributed by atoms with Crippen molar-refractivity contribution in [1.29, 1.82) is 0 Å². The maximum Gasteiger partial charge on any atom is 0.306 e. The highest BCUT2D eigenvalue weighted by molar-refractivity contribution is 5.71. The Labute approximate surface area is 474 Å². The SMILES string of the molecule is CC/C=C\C/C=C\C/C=C\C/C=C\CCCCCCCCCCCCCCCCCCCCCCC(=O)OCC(COC(=O)CC/C=C\C/C=C\C/C=C\C/C=C\CC)OC(=O)CC/C=C\C/C=C\C/C=C\C/C=C\CC. The lowest BCUT2D eigenvalue weighted by molar-refractivity contribution is -0.166. The molecule has 6 heteroatoms. The Bertz CT molecular complexity index is 1700. The second kappa shape index (κ2) is 63.8. The van der Waals surface area contributed by atoms with E-state index in [1.165, 1.54) is 116 Å². The first-order valence-electron chi connectivity index (χ1n) is 31.3. The van der Waals surface area contributed by atoms with Crippen molar-refractivity contribution in [3.05, 3.63) is 146 Å². The summed E-state index contributed by atoms with van der Waals surface area (Å²) in [6.45, 7) is 6.17. The predicted octanol–water partition coefficient (Wildman–Crippen LogP) is 21.5. The van der Waals surface area contributed by atoms with Gasteiger partial charge in [0, 0.05) is 19.3 Å². The second-order valence-corrected chi connectivity index (χ2v) is 20.2. The van der Waals surface area contributed by atoms with Crippen molar-refractivity contribution in [2.45, 2.75) is 271 Å². The van der Waals surface area contributed by atoms with Crippen LogP contribution >= 0.6 is 0 Å². The second-order valence-electron chi connectivity index (χ2n) is 20.2. The molecule has 0 aromatic heterocycles. The molecule has 0 amide bonds. The standard InChI is InChI=1S/C71H114O6/c1-4-7-10-13-16-19-22-25-26-27-28-29-30-31-32-33-34-35-36-37-38-39-40-41-42-43-44-47-49-52-55-58-61-64-70(73)76-67-68(77-71(74)65-62-59-56-53-50-46-24-21-18-15-12-9-6-3)66-75-69(72)63-60-57-54-51-48-45-23-20-17-14-11-8-5-2/h7-12,16-21,25-26,28-29,45-46,48,50,54,56-57,59,68H,4-6,13-15,22-24,27,30-44,47,49,51-53,55,58,60-67H2,1-3H3/b10-7-,11-8-,12-9-,19-16-,20-17-,21-18-,26-25-,29-28-,48-45-,50-46-,57-54-,59-56-. The van der Waals surface area contributed by atoms with E-state index < -0.39 is 12.1 Å². The summed E-state index contributed by atoms with van der Waals surface area (Å²) >= 11 is 0. The molecular weight excluding hydrogens is 949 g/mol. The van der Waals surface area contributed by atoms with Crippen molar-refractivity contribution in [2.75, 3.05) is 13.2 Å². The van der Waals surface area contributed by atoms with E-state index in [1.54, 1.807) is 0 Å². The summed E-state index contributed by atoms with van der Waals surface area (Å²) < 4.78 is 16.7. The maximum atomic E-state index is 12.8. The quantitative estimate of drug-likeness (QED) is 0.0261. The lowest BCUT2D eigenvalue weighted by Gasteiger charge is -2.18. The third-order valence-corrected chi connectivity index (χ3v) is 12.8. The summed E-state index contributed by atoms with van der Waals surface area (Å²) in [5.41, 5.74) is 0. The van der Waals surface area contributed by atoms with Crippen molar-refractivity contribution in [3.63, 3.8) is 0 Å². The van der Waals surface area contributed by atoms with E-state index in [-0.39, 0.29) is 38.0 Å². The Morgan fingerprint density at radius 2 is 0.494 bits per heavy atom. The van der Waals surface area contributed by atoms with Gasteiger partial charge in [0.2, 0.25) is 0 Å². The predicted molar refractivity (Wildman–Crippen MR) is 334 cm³/mol. The van der Waals surface area contributed by atoms with Crippen molar-refractivity contribution in [3.8, 4) is 0 Å². The molecule has 0 saturated carbocycles. The normalized spacial score (nSPS) is 13.1. The Kier molecular flexibility index (Phi) is 59.9. The minimum Gasteiger partial charge on any atom is -0.462 e. The first-order chi connectivity index (χ1) is 38.0. The molecule has 6 nitrogen and oxygen atoms in total. The fourth-order valence-corrected chi connectivity index (χ4v) is 8.29. The summed E-state index contributed by atoms with van der Waals surface area (Å²) in [4.78, 5) is 38.1. The van der Waals surface area contributed by atoms with Crippen LogP contribution < -0.4 is 0 Å². The zero-order valence-electron chi connectivity index (χ0n) is 49.7. The Morgan fingerprint density at radius 3 is 0.805 bits per heavy atom. The molecule has 0 spiro atoms. The highest BCUT2D eigenvalue weighted by Crippen LogP contribution is 2.16. The molecule has 1 unspecified atom stereocenters. The summed E-state index contributed by atoms with van der Waals surface area (Å²) in [5, 5.41) is 0. The molecule has 0 saturated heterocycles. The van der Waals surface area contributed by atoms with Crippen LogP contribution in [0, 0.1) is 0 Å². The number of carbonyl (C=O) groups is 3. The molecular formula is C71H114O6. The smallest absolute Gasteiger partial charge is 0.306 e. The van der Waals surface area contributed by atoms with Gasteiger partial charge in [-0.2, -0.15) is 0 Å². The molecule has 0 bridgehead atoms. The molecule has 0 aromatic rings. The van der Waals surface area contributed by atoms with E-state index in [1.807, 2.05) is 24.3 Å². The largest absolute Gasteiger partial charge is 0.462 e. The van der Waals surface area contributed by atoms with Gasteiger partial charge in [0.1, 0.15) is 13.2 Å². The van der Waals surface area contributed by atoms with Crippen molar-refractivity contribution in [1.82, 2.24) is 0 Å². The van der Waals surface area contributed by atoms with Gasteiger partial charge < -0.3 is 14.2 Å². The average molecular weight is 1060 g/mol. The lowest BCUT2D eigenvalue weighted by atomic mass is 10.0. The number of esters is 3. The summed E-state index contributed by atoms with van der Waals surface area (Å²) in [6, 6.07) is 0. The number of carbonyl (C=O) groups excluding carboxylic acids is 3. The molecule has 0 radical (unpaired) electrons. The number of hydrogen-bond acceptors (Lipinski definition) is 6. The third-order valence-electron chi connectivity index (χ3n) is 12.8. The summed E-state index contributed by atoms with van der Waals surface area (Å²) in [7, 11) is 0. The fourth-order valence-electron chi connectivity index (χ4n) is 8.29. The maximum absolute atomic E-state index is 12.8. The first-order valence-corrected chi connectivity index (χ1v) is 31.3. The minimum absolute atomic E-state index is 0.131. The molecule has 0 rings (SSSR count). The molecule has 0 heterocycles. The molecule has 0 fully saturated rings. The van der Waals surface area contributed by atoms with E-state index in [4.69, 9.17) is 14.2 Å². The molecule has 0 aliphatic rings. The Morgan fingerprint density at radius 1 is 0.260 bits per heavy atom.